The first-order valence-corrected chi connectivity index (χ1v) is 19.3. The molecule has 6 N–H and O–H groups in total. The molecular weight excluding hydrogens is 784 g/mol. The molecule has 3 atom stereocenters. The van der Waals surface area contributed by atoms with Crippen molar-refractivity contribution in [3.8, 4) is 45.8 Å². The number of unbranched alkanes of at least 4 members (excludes halogenated alkanes) is 1. The van der Waals surface area contributed by atoms with Crippen LogP contribution < -0.4 is 24.8 Å². The average molecular weight is 832 g/mol. The van der Waals surface area contributed by atoms with Gasteiger partial charge in [-0.1, -0.05) is 48.5 Å². The Bertz CT molecular complexity index is 2000. The number of carboxylic acids is 2. The van der Waals surface area contributed by atoms with Gasteiger partial charge in [0.15, 0.2) is 0 Å². The minimum absolute atomic E-state index is 0.0768. The van der Waals surface area contributed by atoms with Crippen LogP contribution in [-0.2, 0) is 22.6 Å². The van der Waals surface area contributed by atoms with E-state index in [1.165, 1.54) is 5.56 Å². The molecule has 0 aliphatic heterocycles. The largest absolute Gasteiger partial charge is 0.492 e. The highest BCUT2D eigenvalue weighted by Crippen LogP contribution is 2.43. The van der Waals surface area contributed by atoms with Crippen LogP contribution >= 0.6 is 15.9 Å². The molecule has 56 heavy (non-hydrogen) atoms. The van der Waals surface area contributed by atoms with Crippen LogP contribution in [0.15, 0.2) is 71.2 Å². The third-order valence-electron chi connectivity index (χ3n) is 9.36. The Labute approximate surface area is 334 Å². The summed E-state index contributed by atoms with van der Waals surface area (Å²) in [4.78, 5) is 26.4. The normalized spacial score (nSPS) is 14.4. The molecule has 0 saturated carbocycles. The molecule has 4 aromatic rings. The van der Waals surface area contributed by atoms with E-state index in [1.54, 1.807) is 0 Å². The van der Waals surface area contributed by atoms with Crippen LogP contribution in [0.25, 0.3) is 22.3 Å². The zero-order valence-electron chi connectivity index (χ0n) is 31.2. The molecule has 0 saturated heterocycles. The van der Waals surface area contributed by atoms with E-state index in [4.69, 9.17) is 34.7 Å². The number of nitriles is 1. The molecule has 1 aromatic heterocycles. The molecule has 0 spiro atoms. The van der Waals surface area contributed by atoms with Crippen molar-refractivity contribution in [2.45, 2.75) is 70.3 Å². The Morgan fingerprint density at radius 2 is 1.59 bits per heavy atom. The Morgan fingerprint density at radius 1 is 0.911 bits per heavy atom. The fourth-order valence-electron chi connectivity index (χ4n) is 6.68. The van der Waals surface area contributed by atoms with Gasteiger partial charge in [0.2, 0.25) is 11.8 Å². The number of ether oxygens (including phenoxy) is 3. The molecule has 14 heteroatoms. The Kier molecular flexibility index (Phi) is 15.6. The Balaban J connectivity index is 1.28. The number of pyridine rings is 1. The van der Waals surface area contributed by atoms with Gasteiger partial charge in [0.25, 0.3) is 0 Å². The maximum Gasteiger partial charge on any atom is 0.306 e. The van der Waals surface area contributed by atoms with E-state index in [0.29, 0.717) is 53.5 Å². The number of carboxylic acid groups (broad SMARTS) is 2. The Hall–Kier alpha value is -5.04. The van der Waals surface area contributed by atoms with Gasteiger partial charge in [0.05, 0.1) is 42.2 Å². The van der Waals surface area contributed by atoms with Crippen molar-refractivity contribution >= 4 is 27.9 Å². The summed E-state index contributed by atoms with van der Waals surface area (Å²) in [6.45, 7) is 3.78. The number of aliphatic hydroxyl groups is 2. The predicted octanol–water partition coefficient (Wildman–Crippen LogP) is 5.96. The number of aromatic nitrogens is 1. The standard InChI is InChI=1S/C42H47BrN4O9/c1-26-32(27-10-12-31(13-11-27)54-19-17-45-24-29(48)21-39(50)51)6-4-7-33(26)34-8-5-9-36-35(34)14-15-38(36)56-42-37(43)20-28(23-46-25-30(49)22-40(52)53)41(47-42)55-18-3-2-16-44/h4-13,20,29-30,38,45-46,48-49H,2-3,14-15,17-19,21-25H2,1H3,(H,50,51)(H,52,53)/t29-,30-,38-/m0/s1. The summed E-state index contributed by atoms with van der Waals surface area (Å²) in [5.74, 6) is -0.704. The van der Waals surface area contributed by atoms with Crippen molar-refractivity contribution in [3.63, 3.8) is 0 Å². The summed E-state index contributed by atoms with van der Waals surface area (Å²) in [7, 11) is 0. The van der Waals surface area contributed by atoms with Crippen LogP contribution in [0, 0.1) is 18.3 Å². The quantitative estimate of drug-likeness (QED) is 0.0507. The van der Waals surface area contributed by atoms with Crippen LogP contribution in [0.5, 0.6) is 17.5 Å². The summed E-state index contributed by atoms with van der Waals surface area (Å²) in [5.41, 5.74) is 8.58. The molecular formula is C42H47BrN4O9. The second-order valence-electron chi connectivity index (χ2n) is 13.6. The molecule has 13 nitrogen and oxygen atoms in total. The van der Waals surface area contributed by atoms with Crippen LogP contribution in [0.2, 0.25) is 0 Å². The number of hydrogen-bond acceptors (Lipinski definition) is 11. The van der Waals surface area contributed by atoms with Gasteiger partial charge in [-0.2, -0.15) is 10.2 Å². The number of aliphatic hydroxyl groups excluding tert-OH is 2. The van der Waals surface area contributed by atoms with E-state index in [-0.39, 0.29) is 45.2 Å². The van der Waals surface area contributed by atoms with Gasteiger partial charge in [-0.3, -0.25) is 9.59 Å². The molecule has 0 unspecified atom stereocenters. The monoisotopic (exact) mass is 830 g/mol. The lowest BCUT2D eigenvalue weighted by molar-refractivity contribution is -0.140. The van der Waals surface area contributed by atoms with Crippen LogP contribution in [0.3, 0.4) is 0 Å². The zero-order valence-corrected chi connectivity index (χ0v) is 32.8. The number of nitrogens with one attached hydrogen (secondary N) is 2. The lowest BCUT2D eigenvalue weighted by atomic mass is 9.89. The number of halogens is 1. The molecule has 0 fully saturated rings. The van der Waals surface area contributed by atoms with Crippen LogP contribution in [0.4, 0.5) is 0 Å². The van der Waals surface area contributed by atoms with Crippen molar-refractivity contribution in [3.05, 3.63) is 93.5 Å². The predicted molar refractivity (Wildman–Crippen MR) is 213 cm³/mol. The fourth-order valence-corrected chi connectivity index (χ4v) is 7.13. The maximum absolute atomic E-state index is 10.9. The smallest absolute Gasteiger partial charge is 0.306 e. The highest BCUT2D eigenvalue weighted by molar-refractivity contribution is 9.10. The van der Waals surface area contributed by atoms with Gasteiger partial charge in [0.1, 0.15) is 18.5 Å². The minimum Gasteiger partial charge on any atom is -0.492 e. The molecule has 296 valence electrons. The molecule has 5 rings (SSSR count). The summed E-state index contributed by atoms with van der Waals surface area (Å²) < 4.78 is 19.0. The molecule has 1 aliphatic carbocycles. The fraction of sp³-hybridized carbons (Fsp3) is 0.381. The van der Waals surface area contributed by atoms with Crippen molar-refractivity contribution < 1.29 is 44.2 Å². The second kappa shape index (κ2) is 20.8. The average Bonchev–Trinajstić information content (AvgIpc) is 3.57. The number of rotatable bonds is 22. The summed E-state index contributed by atoms with van der Waals surface area (Å²) >= 11 is 3.62. The maximum atomic E-state index is 10.9. The lowest BCUT2D eigenvalue weighted by Crippen LogP contribution is -2.31. The van der Waals surface area contributed by atoms with E-state index in [9.17, 15) is 19.8 Å². The van der Waals surface area contributed by atoms with Crippen molar-refractivity contribution in [2.75, 3.05) is 32.8 Å². The molecule has 1 heterocycles. The van der Waals surface area contributed by atoms with Crippen molar-refractivity contribution in [1.82, 2.24) is 15.6 Å². The van der Waals surface area contributed by atoms with Gasteiger partial charge in [-0.05, 0) is 99.3 Å². The summed E-state index contributed by atoms with van der Waals surface area (Å²) in [6.07, 6.45) is -0.478. The third-order valence-corrected chi connectivity index (χ3v) is 9.93. The highest BCUT2D eigenvalue weighted by atomic mass is 79.9. The SMILES string of the molecule is Cc1c(-c2ccc(OCCNC[C@@H](O)CC(=O)O)cc2)cccc1-c1cccc2c1CC[C@@H]2Oc1nc(OCCCC#N)c(CNC[C@@H](O)CC(=O)O)cc1Br. The van der Waals surface area contributed by atoms with Gasteiger partial charge in [-0.25, -0.2) is 0 Å². The first-order chi connectivity index (χ1) is 27.0. The van der Waals surface area contributed by atoms with E-state index in [2.05, 4.69) is 76.0 Å². The van der Waals surface area contributed by atoms with E-state index < -0.39 is 24.1 Å². The molecule has 0 radical (unpaired) electrons. The second-order valence-corrected chi connectivity index (χ2v) is 14.4. The number of carbonyl (C=O) groups is 2. The van der Waals surface area contributed by atoms with E-state index in [0.717, 1.165) is 46.2 Å². The van der Waals surface area contributed by atoms with Crippen LogP contribution in [-0.4, -0.2) is 82.4 Å². The number of benzene rings is 3. The zero-order chi connectivity index (χ0) is 40.0. The first kappa shape index (κ1) is 42.1. The number of aliphatic carboxylic acids is 2. The van der Waals surface area contributed by atoms with Gasteiger partial charge in [-0.15, -0.1) is 0 Å². The van der Waals surface area contributed by atoms with E-state index in [1.807, 2.05) is 30.3 Å². The summed E-state index contributed by atoms with van der Waals surface area (Å²) in [6, 6.07) is 24.5. The topological polar surface area (TPSA) is 203 Å². The number of hydrogen-bond donors (Lipinski definition) is 6. The minimum atomic E-state index is -1.08. The lowest BCUT2D eigenvalue weighted by Gasteiger charge is -2.19. The third kappa shape index (κ3) is 11.7. The molecule has 1 aliphatic rings. The Morgan fingerprint density at radius 3 is 2.30 bits per heavy atom. The molecule has 3 aromatic carbocycles. The summed E-state index contributed by atoms with van der Waals surface area (Å²) in [5, 5.41) is 52.4. The van der Waals surface area contributed by atoms with Crippen LogP contribution in [0.1, 0.15) is 60.5 Å². The number of fused-ring (bicyclic) bond motifs is 1. The van der Waals surface area contributed by atoms with Crippen molar-refractivity contribution in [1.29, 1.82) is 5.26 Å². The van der Waals surface area contributed by atoms with Gasteiger partial charge < -0.3 is 45.3 Å². The van der Waals surface area contributed by atoms with Gasteiger partial charge in [0, 0.05) is 38.2 Å². The van der Waals surface area contributed by atoms with Gasteiger partial charge >= 0.3 is 11.9 Å². The molecule has 0 bridgehead atoms. The highest BCUT2D eigenvalue weighted by Gasteiger charge is 2.29. The molecule has 0 amide bonds. The van der Waals surface area contributed by atoms with Crippen molar-refractivity contribution in [2.24, 2.45) is 0 Å². The van der Waals surface area contributed by atoms with E-state index >= 15 is 0 Å². The number of nitrogens with zero attached hydrogens (tertiary/aromatic N) is 2. The first-order valence-electron chi connectivity index (χ1n) is 18.6.